The van der Waals surface area contributed by atoms with Crippen LogP contribution in [0.2, 0.25) is 0 Å². The summed E-state index contributed by atoms with van der Waals surface area (Å²) in [4.78, 5) is 35.2. The number of esters is 2. The van der Waals surface area contributed by atoms with Crippen molar-refractivity contribution in [3.8, 4) is 0 Å². The standard InChI is InChI=1S/C27H39NO8/c1-10-22(34-25(29)15(2)3)17(5)24-18(6)23(35-27(8,9)36-24)16(4)19(7)33-26(30)20-11-13-21(14-12-20)28(31)32/h10-19,23-24H,1-9H3/b22-10-/t16-,17+,18+,19-,23-,24+/m0/s1. The van der Waals surface area contributed by atoms with Crippen molar-refractivity contribution in [2.75, 3.05) is 0 Å². The van der Waals surface area contributed by atoms with E-state index >= 15 is 0 Å². The van der Waals surface area contributed by atoms with Crippen LogP contribution >= 0.6 is 0 Å². The number of nitrogens with zero attached hydrogens (tertiary/aromatic N) is 1. The Morgan fingerprint density at radius 2 is 1.61 bits per heavy atom. The molecule has 36 heavy (non-hydrogen) atoms. The molecule has 0 amide bonds. The van der Waals surface area contributed by atoms with Crippen LogP contribution in [0.25, 0.3) is 0 Å². The fourth-order valence-corrected chi connectivity index (χ4v) is 4.37. The first-order valence-corrected chi connectivity index (χ1v) is 12.4. The maximum absolute atomic E-state index is 12.7. The molecule has 1 heterocycles. The van der Waals surface area contributed by atoms with Crippen molar-refractivity contribution < 1.29 is 33.5 Å². The molecular weight excluding hydrogens is 466 g/mol. The maximum Gasteiger partial charge on any atom is 0.338 e. The van der Waals surface area contributed by atoms with Gasteiger partial charge in [-0.2, -0.15) is 0 Å². The molecule has 1 aliphatic heterocycles. The number of benzene rings is 1. The first-order chi connectivity index (χ1) is 16.7. The maximum atomic E-state index is 12.7. The van der Waals surface area contributed by atoms with Gasteiger partial charge in [-0.3, -0.25) is 14.9 Å². The van der Waals surface area contributed by atoms with Crippen molar-refractivity contribution >= 4 is 17.6 Å². The Morgan fingerprint density at radius 1 is 1.06 bits per heavy atom. The smallest absolute Gasteiger partial charge is 0.338 e. The monoisotopic (exact) mass is 505 g/mol. The van der Waals surface area contributed by atoms with E-state index in [2.05, 4.69) is 0 Å². The van der Waals surface area contributed by atoms with E-state index in [1.165, 1.54) is 24.3 Å². The Morgan fingerprint density at radius 3 is 2.11 bits per heavy atom. The lowest BCUT2D eigenvalue weighted by Crippen LogP contribution is -2.55. The van der Waals surface area contributed by atoms with Gasteiger partial charge in [0.25, 0.3) is 5.69 Å². The Kier molecular flexibility index (Phi) is 9.79. The summed E-state index contributed by atoms with van der Waals surface area (Å²) in [6.07, 6.45) is 0.644. The molecule has 2 rings (SSSR count). The number of carbonyl (C=O) groups excluding carboxylic acids is 2. The third-order valence-corrected chi connectivity index (χ3v) is 6.66. The lowest BCUT2D eigenvalue weighted by Gasteiger charge is -2.49. The molecule has 9 heteroatoms. The number of allylic oxidation sites excluding steroid dienone is 1. The van der Waals surface area contributed by atoms with Crippen LogP contribution in [0, 0.1) is 33.8 Å². The number of carbonyl (C=O) groups is 2. The molecule has 0 saturated carbocycles. The quantitative estimate of drug-likeness (QED) is 0.182. The molecule has 0 radical (unpaired) electrons. The first-order valence-electron chi connectivity index (χ1n) is 12.4. The second-order valence-electron chi connectivity index (χ2n) is 10.3. The highest BCUT2D eigenvalue weighted by molar-refractivity contribution is 5.89. The summed E-state index contributed by atoms with van der Waals surface area (Å²) in [6, 6.07) is 5.30. The Bertz CT molecular complexity index is 968. The van der Waals surface area contributed by atoms with Crippen molar-refractivity contribution in [3.63, 3.8) is 0 Å². The minimum Gasteiger partial charge on any atom is -0.459 e. The summed E-state index contributed by atoms with van der Waals surface area (Å²) >= 11 is 0. The number of nitro benzene ring substituents is 1. The lowest BCUT2D eigenvalue weighted by molar-refractivity contribution is -0.384. The van der Waals surface area contributed by atoms with Crippen LogP contribution in [-0.4, -0.2) is 41.0 Å². The van der Waals surface area contributed by atoms with E-state index in [9.17, 15) is 19.7 Å². The van der Waals surface area contributed by atoms with Gasteiger partial charge in [-0.1, -0.05) is 34.6 Å². The van der Waals surface area contributed by atoms with Crippen LogP contribution in [-0.2, 0) is 23.7 Å². The van der Waals surface area contributed by atoms with E-state index in [1.54, 1.807) is 26.8 Å². The molecule has 0 bridgehead atoms. The fourth-order valence-electron chi connectivity index (χ4n) is 4.37. The van der Waals surface area contributed by atoms with Crippen LogP contribution in [0.3, 0.4) is 0 Å². The van der Waals surface area contributed by atoms with Gasteiger partial charge in [-0.25, -0.2) is 4.79 Å². The number of non-ortho nitro benzene ring substituents is 1. The van der Waals surface area contributed by atoms with Crippen molar-refractivity contribution in [1.82, 2.24) is 0 Å². The van der Waals surface area contributed by atoms with Gasteiger partial charge in [0.15, 0.2) is 5.79 Å². The average molecular weight is 506 g/mol. The summed E-state index contributed by atoms with van der Waals surface area (Å²) in [5.74, 6) is -2.02. The van der Waals surface area contributed by atoms with Crippen LogP contribution < -0.4 is 0 Å². The minimum absolute atomic E-state index is 0.0978. The van der Waals surface area contributed by atoms with Gasteiger partial charge in [-0.15, -0.1) is 0 Å². The van der Waals surface area contributed by atoms with Gasteiger partial charge >= 0.3 is 11.9 Å². The van der Waals surface area contributed by atoms with E-state index in [0.29, 0.717) is 5.76 Å². The zero-order valence-electron chi connectivity index (χ0n) is 22.6. The second-order valence-corrected chi connectivity index (χ2v) is 10.3. The number of rotatable bonds is 9. The molecule has 1 aromatic carbocycles. The third kappa shape index (κ3) is 7.13. The number of nitro groups is 1. The molecule has 1 fully saturated rings. The van der Waals surface area contributed by atoms with Gasteiger partial charge in [0.2, 0.25) is 0 Å². The average Bonchev–Trinajstić information content (AvgIpc) is 2.82. The summed E-state index contributed by atoms with van der Waals surface area (Å²) in [5, 5.41) is 10.9. The molecule has 200 valence electrons. The molecule has 0 spiro atoms. The van der Waals surface area contributed by atoms with E-state index in [-0.39, 0.29) is 53.1 Å². The van der Waals surface area contributed by atoms with Crippen LogP contribution in [0.4, 0.5) is 5.69 Å². The molecule has 6 atom stereocenters. The number of ether oxygens (including phenoxy) is 4. The van der Waals surface area contributed by atoms with Crippen molar-refractivity contribution in [2.24, 2.45) is 23.7 Å². The zero-order valence-corrected chi connectivity index (χ0v) is 22.6. The predicted octanol–water partition coefficient (Wildman–Crippen LogP) is 5.67. The summed E-state index contributed by atoms with van der Waals surface area (Å²) < 4.78 is 23.9. The number of hydrogen-bond donors (Lipinski definition) is 0. The van der Waals surface area contributed by atoms with Crippen molar-refractivity contribution in [2.45, 2.75) is 86.4 Å². The largest absolute Gasteiger partial charge is 0.459 e. The highest BCUT2D eigenvalue weighted by Crippen LogP contribution is 2.40. The normalized spacial score (nSPS) is 24.5. The molecule has 0 aliphatic carbocycles. The van der Waals surface area contributed by atoms with E-state index < -0.39 is 22.8 Å². The van der Waals surface area contributed by atoms with Crippen LogP contribution in [0.15, 0.2) is 36.1 Å². The highest BCUT2D eigenvalue weighted by Gasteiger charge is 2.47. The Hall–Kier alpha value is -2.78. The Labute approximate surface area is 213 Å². The van der Waals surface area contributed by atoms with Crippen molar-refractivity contribution in [3.05, 3.63) is 51.8 Å². The van der Waals surface area contributed by atoms with E-state index in [0.717, 1.165) is 0 Å². The molecule has 0 N–H and O–H groups in total. The van der Waals surface area contributed by atoms with Crippen molar-refractivity contribution in [1.29, 1.82) is 0 Å². The van der Waals surface area contributed by atoms with Crippen LogP contribution in [0.5, 0.6) is 0 Å². The topological polar surface area (TPSA) is 114 Å². The third-order valence-electron chi connectivity index (χ3n) is 6.66. The molecule has 0 unspecified atom stereocenters. The molecule has 9 nitrogen and oxygen atoms in total. The van der Waals surface area contributed by atoms with Gasteiger partial charge in [0.1, 0.15) is 11.9 Å². The molecule has 1 saturated heterocycles. The Balaban J connectivity index is 2.17. The summed E-state index contributed by atoms with van der Waals surface area (Å²) in [5.41, 5.74) is 0.136. The zero-order chi connectivity index (χ0) is 27.4. The summed E-state index contributed by atoms with van der Waals surface area (Å²) in [7, 11) is 0. The van der Waals surface area contributed by atoms with Crippen LogP contribution in [0.1, 0.15) is 72.7 Å². The molecule has 1 aliphatic rings. The number of hydrogen-bond acceptors (Lipinski definition) is 8. The SMILES string of the molecule is C/C=C(\OC(=O)C(C)C)[C@@H](C)[C@H]1OC(C)(C)O[C@@H]([C@@H](C)[C@H](C)OC(=O)c2ccc([N+](=O)[O-])cc2)[C@H]1C. The highest BCUT2D eigenvalue weighted by atomic mass is 16.7. The lowest BCUT2D eigenvalue weighted by atomic mass is 9.80. The van der Waals surface area contributed by atoms with Gasteiger partial charge in [0.05, 0.1) is 28.6 Å². The second kappa shape index (κ2) is 12.0. The van der Waals surface area contributed by atoms with E-state index in [1.807, 2.05) is 41.5 Å². The predicted molar refractivity (Wildman–Crippen MR) is 134 cm³/mol. The minimum atomic E-state index is -0.909. The fraction of sp³-hybridized carbons (Fsp3) is 0.630. The molecule has 0 aromatic heterocycles. The first kappa shape index (κ1) is 29.5. The van der Waals surface area contributed by atoms with Gasteiger partial charge in [0, 0.05) is 29.9 Å². The van der Waals surface area contributed by atoms with Gasteiger partial charge in [-0.05, 0) is 45.9 Å². The summed E-state index contributed by atoms with van der Waals surface area (Å²) in [6.45, 7) is 16.8. The van der Waals surface area contributed by atoms with Gasteiger partial charge < -0.3 is 18.9 Å². The van der Waals surface area contributed by atoms with E-state index in [4.69, 9.17) is 18.9 Å². The molecular formula is C27H39NO8. The molecule has 1 aromatic rings.